The molecule has 0 N–H and O–H groups in total. The van der Waals surface area contributed by atoms with Gasteiger partial charge in [0.25, 0.3) is 5.91 Å². The first-order valence-electron chi connectivity index (χ1n) is 11.8. The molecule has 35 heavy (non-hydrogen) atoms. The van der Waals surface area contributed by atoms with Crippen LogP contribution in [0.1, 0.15) is 27.6 Å². The van der Waals surface area contributed by atoms with Crippen molar-refractivity contribution in [3.8, 4) is 11.1 Å². The summed E-state index contributed by atoms with van der Waals surface area (Å²) in [4.78, 5) is 31.1. The number of benzene rings is 3. The van der Waals surface area contributed by atoms with Gasteiger partial charge in [0.05, 0.1) is 6.54 Å². The Morgan fingerprint density at radius 2 is 1.66 bits per heavy atom. The summed E-state index contributed by atoms with van der Waals surface area (Å²) in [6, 6.07) is 21.8. The average molecular weight is 474 g/mol. The lowest BCUT2D eigenvalue weighted by Crippen LogP contribution is -2.47. The zero-order valence-electron chi connectivity index (χ0n) is 19.7. The summed E-state index contributed by atoms with van der Waals surface area (Å²) in [6.07, 6.45) is -0.776. The number of halogens is 1. The average Bonchev–Trinajstić information content (AvgIpc) is 3.25. The van der Waals surface area contributed by atoms with Gasteiger partial charge in [-0.15, -0.1) is 0 Å². The van der Waals surface area contributed by atoms with Gasteiger partial charge in [0.2, 0.25) is 0 Å². The van der Waals surface area contributed by atoms with Crippen LogP contribution in [0.4, 0.5) is 9.18 Å². The summed E-state index contributed by atoms with van der Waals surface area (Å²) >= 11 is 0. The molecular formula is C28H28FN3O3. The third-order valence-electron chi connectivity index (χ3n) is 6.69. The quantitative estimate of drug-likeness (QED) is 0.545. The molecule has 2 heterocycles. The van der Waals surface area contributed by atoms with E-state index in [4.69, 9.17) is 4.74 Å². The first-order chi connectivity index (χ1) is 17.0. The summed E-state index contributed by atoms with van der Waals surface area (Å²) in [6.45, 7) is 4.12. The van der Waals surface area contributed by atoms with Gasteiger partial charge in [0.1, 0.15) is 11.9 Å². The lowest BCUT2D eigenvalue weighted by molar-refractivity contribution is 0.0664. The van der Waals surface area contributed by atoms with Crippen molar-refractivity contribution in [3.05, 3.63) is 95.3 Å². The molecule has 2 amide bonds. The van der Waals surface area contributed by atoms with Crippen molar-refractivity contribution in [2.75, 3.05) is 39.8 Å². The second-order valence-electron chi connectivity index (χ2n) is 9.18. The van der Waals surface area contributed by atoms with Gasteiger partial charge in [-0.1, -0.05) is 48.5 Å². The highest BCUT2D eigenvalue weighted by Gasteiger charge is 2.32. The van der Waals surface area contributed by atoms with Crippen LogP contribution in [0.3, 0.4) is 0 Å². The molecule has 180 valence electrons. The molecule has 2 saturated heterocycles. The molecular weight excluding hydrogens is 445 g/mol. The van der Waals surface area contributed by atoms with Gasteiger partial charge < -0.3 is 14.5 Å². The number of carbonyl (C=O) groups is 2. The van der Waals surface area contributed by atoms with Crippen molar-refractivity contribution in [1.82, 2.24) is 14.7 Å². The standard InChI is InChI=1S/C28H28FN3O3/c1-30-13-15-31(16-14-30)27(33)24-4-2-3-23(17-24)21-7-5-20(6-8-21)18-32-19-26(35-28(32)34)22-9-11-25(29)12-10-22/h2-12,17,26H,13-16,18-19H2,1H3. The van der Waals surface area contributed by atoms with E-state index < -0.39 is 6.10 Å². The van der Waals surface area contributed by atoms with Gasteiger partial charge >= 0.3 is 6.09 Å². The molecule has 1 unspecified atom stereocenters. The molecule has 0 aliphatic carbocycles. The minimum Gasteiger partial charge on any atom is -0.439 e. The maximum Gasteiger partial charge on any atom is 0.410 e. The van der Waals surface area contributed by atoms with Crippen LogP contribution in [0.2, 0.25) is 0 Å². The fourth-order valence-corrected chi connectivity index (χ4v) is 4.54. The molecule has 0 bridgehead atoms. The molecule has 0 radical (unpaired) electrons. The highest BCUT2D eigenvalue weighted by molar-refractivity contribution is 5.95. The summed E-state index contributed by atoms with van der Waals surface area (Å²) in [7, 11) is 2.07. The number of hydrogen-bond acceptors (Lipinski definition) is 4. The summed E-state index contributed by atoms with van der Waals surface area (Å²) in [5.74, 6) is -0.246. The summed E-state index contributed by atoms with van der Waals surface area (Å²) < 4.78 is 18.7. The maximum atomic E-state index is 13.2. The number of rotatable bonds is 5. The predicted molar refractivity (Wildman–Crippen MR) is 131 cm³/mol. The fraction of sp³-hybridized carbons (Fsp3) is 0.286. The van der Waals surface area contributed by atoms with Crippen LogP contribution < -0.4 is 0 Å². The molecule has 2 aliphatic heterocycles. The Morgan fingerprint density at radius 1 is 0.943 bits per heavy atom. The van der Waals surface area contributed by atoms with Crippen molar-refractivity contribution in [1.29, 1.82) is 0 Å². The Hall–Kier alpha value is -3.71. The molecule has 1 atom stereocenters. The minimum atomic E-state index is -0.400. The van der Waals surface area contributed by atoms with Crippen LogP contribution in [0.5, 0.6) is 0 Å². The van der Waals surface area contributed by atoms with Crippen LogP contribution in [0, 0.1) is 5.82 Å². The first kappa shape index (κ1) is 23.1. The van der Waals surface area contributed by atoms with E-state index in [2.05, 4.69) is 11.9 Å². The van der Waals surface area contributed by atoms with Gasteiger partial charge in [0, 0.05) is 38.3 Å². The number of amides is 2. The number of nitrogens with zero attached hydrogens (tertiary/aromatic N) is 3. The molecule has 7 heteroatoms. The van der Waals surface area contributed by atoms with Crippen molar-refractivity contribution in [2.24, 2.45) is 0 Å². The molecule has 6 nitrogen and oxygen atoms in total. The molecule has 3 aromatic rings. The Bertz CT molecular complexity index is 1200. The Kier molecular flexibility index (Phi) is 6.51. The molecule has 0 saturated carbocycles. The largest absolute Gasteiger partial charge is 0.439 e. The van der Waals surface area contributed by atoms with Crippen molar-refractivity contribution >= 4 is 12.0 Å². The van der Waals surface area contributed by atoms with Crippen LogP contribution >= 0.6 is 0 Å². The Balaban J connectivity index is 1.24. The van der Waals surface area contributed by atoms with Crippen LogP contribution in [0.15, 0.2) is 72.8 Å². The Morgan fingerprint density at radius 3 is 2.37 bits per heavy atom. The SMILES string of the molecule is CN1CCN(C(=O)c2cccc(-c3ccc(CN4CC(c5ccc(F)cc5)OC4=O)cc3)c2)CC1. The zero-order chi connectivity index (χ0) is 24.4. The monoisotopic (exact) mass is 473 g/mol. The van der Waals surface area contributed by atoms with E-state index in [0.29, 0.717) is 18.7 Å². The van der Waals surface area contributed by atoms with E-state index in [1.807, 2.05) is 53.4 Å². The van der Waals surface area contributed by atoms with Crippen LogP contribution in [0.25, 0.3) is 11.1 Å². The highest BCUT2D eigenvalue weighted by atomic mass is 19.1. The van der Waals surface area contributed by atoms with Crippen molar-refractivity contribution < 1.29 is 18.7 Å². The normalized spacial score (nSPS) is 18.6. The van der Waals surface area contributed by atoms with Crippen LogP contribution in [-0.2, 0) is 11.3 Å². The molecule has 3 aromatic carbocycles. The van der Waals surface area contributed by atoms with E-state index in [0.717, 1.165) is 48.4 Å². The summed E-state index contributed by atoms with van der Waals surface area (Å²) in [5.41, 5.74) is 4.45. The number of cyclic esters (lactones) is 1. The Labute approximate surface area is 204 Å². The number of carbonyl (C=O) groups excluding carboxylic acids is 2. The second-order valence-corrected chi connectivity index (χ2v) is 9.18. The topological polar surface area (TPSA) is 53.1 Å². The minimum absolute atomic E-state index is 0.0693. The van der Waals surface area contributed by atoms with Crippen molar-refractivity contribution in [3.63, 3.8) is 0 Å². The van der Waals surface area contributed by atoms with E-state index in [9.17, 15) is 14.0 Å². The number of piperazine rings is 1. The third kappa shape index (κ3) is 5.20. The van der Waals surface area contributed by atoms with E-state index in [-0.39, 0.29) is 17.8 Å². The van der Waals surface area contributed by atoms with Crippen LogP contribution in [-0.4, -0.2) is 66.5 Å². The fourth-order valence-electron chi connectivity index (χ4n) is 4.54. The second kappa shape index (κ2) is 9.88. The van der Waals surface area contributed by atoms with Gasteiger partial charge in [-0.3, -0.25) is 9.69 Å². The summed E-state index contributed by atoms with van der Waals surface area (Å²) in [5, 5.41) is 0. The maximum absolute atomic E-state index is 13.2. The lowest BCUT2D eigenvalue weighted by Gasteiger charge is -2.32. The smallest absolute Gasteiger partial charge is 0.410 e. The van der Waals surface area contributed by atoms with Gasteiger partial charge in [-0.2, -0.15) is 0 Å². The number of likely N-dealkylation sites (N-methyl/N-ethyl adjacent to an activating group) is 1. The van der Waals surface area contributed by atoms with E-state index >= 15 is 0 Å². The van der Waals surface area contributed by atoms with E-state index in [1.54, 1.807) is 17.0 Å². The number of ether oxygens (including phenoxy) is 1. The first-order valence-corrected chi connectivity index (χ1v) is 11.8. The van der Waals surface area contributed by atoms with Gasteiger partial charge in [0.15, 0.2) is 0 Å². The third-order valence-corrected chi connectivity index (χ3v) is 6.69. The van der Waals surface area contributed by atoms with Gasteiger partial charge in [-0.05, 0) is 53.6 Å². The molecule has 5 rings (SSSR count). The number of hydrogen-bond donors (Lipinski definition) is 0. The van der Waals surface area contributed by atoms with Gasteiger partial charge in [-0.25, -0.2) is 9.18 Å². The molecule has 0 aromatic heterocycles. The zero-order valence-corrected chi connectivity index (χ0v) is 19.7. The lowest BCUT2D eigenvalue weighted by atomic mass is 10.0. The predicted octanol–water partition coefficient (Wildman–Crippen LogP) is 4.57. The molecule has 2 fully saturated rings. The van der Waals surface area contributed by atoms with E-state index in [1.165, 1.54) is 12.1 Å². The molecule has 2 aliphatic rings. The van der Waals surface area contributed by atoms with Crippen molar-refractivity contribution in [2.45, 2.75) is 12.6 Å². The highest BCUT2D eigenvalue weighted by Crippen LogP contribution is 2.28. The molecule has 0 spiro atoms.